The van der Waals surface area contributed by atoms with Gasteiger partial charge in [-0.3, -0.25) is 10.1 Å². The van der Waals surface area contributed by atoms with E-state index in [0.717, 1.165) is 9.79 Å². The van der Waals surface area contributed by atoms with Gasteiger partial charge in [-0.1, -0.05) is 30.0 Å². The number of nitro benzene ring substituents is 1. The van der Waals surface area contributed by atoms with Crippen molar-refractivity contribution in [1.82, 2.24) is 0 Å². The molecule has 2 rings (SSSR count). The van der Waals surface area contributed by atoms with Crippen LogP contribution in [0.4, 0.5) is 11.4 Å². The Morgan fingerprint density at radius 3 is 2.41 bits per heavy atom. The smallest absolute Gasteiger partial charge is 0.271 e. The van der Waals surface area contributed by atoms with E-state index in [0.29, 0.717) is 5.69 Å². The van der Waals surface area contributed by atoms with Crippen LogP contribution in [0.15, 0.2) is 58.3 Å². The molecule has 0 amide bonds. The average Bonchev–Trinajstić information content (AvgIpc) is 2.33. The third-order valence-electron chi connectivity index (χ3n) is 2.18. The quantitative estimate of drug-likeness (QED) is 0.512. The average molecular weight is 246 g/mol. The molecule has 5 heteroatoms. The largest absolute Gasteiger partial charge is 0.398 e. The summed E-state index contributed by atoms with van der Waals surface area (Å²) < 4.78 is 0. The maximum absolute atomic E-state index is 10.6. The van der Waals surface area contributed by atoms with Crippen LogP contribution >= 0.6 is 11.8 Å². The molecule has 0 fully saturated rings. The fourth-order valence-corrected chi connectivity index (χ4v) is 2.22. The molecule has 0 aliphatic heterocycles. The zero-order valence-corrected chi connectivity index (χ0v) is 9.68. The highest BCUT2D eigenvalue weighted by molar-refractivity contribution is 7.99. The van der Waals surface area contributed by atoms with Crippen LogP contribution in [0, 0.1) is 10.1 Å². The summed E-state index contributed by atoms with van der Waals surface area (Å²) in [5.74, 6) is 0. The van der Waals surface area contributed by atoms with E-state index in [1.807, 2.05) is 30.3 Å². The van der Waals surface area contributed by atoms with Crippen LogP contribution < -0.4 is 5.73 Å². The lowest BCUT2D eigenvalue weighted by Gasteiger charge is -2.04. The zero-order chi connectivity index (χ0) is 12.3. The van der Waals surface area contributed by atoms with Gasteiger partial charge in [0.1, 0.15) is 0 Å². The molecule has 0 radical (unpaired) electrons. The fourth-order valence-electron chi connectivity index (χ4n) is 1.36. The Morgan fingerprint density at radius 1 is 1.12 bits per heavy atom. The predicted octanol–water partition coefficient (Wildman–Crippen LogP) is 3.33. The molecule has 4 nitrogen and oxygen atoms in total. The number of nitrogens with zero attached hydrogens (tertiary/aromatic N) is 1. The third kappa shape index (κ3) is 2.76. The number of hydrogen-bond acceptors (Lipinski definition) is 4. The van der Waals surface area contributed by atoms with Crippen molar-refractivity contribution in [3.05, 3.63) is 58.6 Å². The van der Waals surface area contributed by atoms with Crippen LogP contribution in [0.5, 0.6) is 0 Å². The summed E-state index contributed by atoms with van der Waals surface area (Å²) in [7, 11) is 0. The first-order chi connectivity index (χ1) is 8.16. The molecule has 0 saturated carbocycles. The van der Waals surface area contributed by atoms with Crippen molar-refractivity contribution < 1.29 is 4.92 Å². The molecule has 17 heavy (non-hydrogen) atoms. The van der Waals surface area contributed by atoms with E-state index in [1.165, 1.54) is 23.9 Å². The van der Waals surface area contributed by atoms with Crippen molar-refractivity contribution in [3.8, 4) is 0 Å². The highest BCUT2D eigenvalue weighted by Crippen LogP contribution is 2.33. The maximum atomic E-state index is 10.6. The first-order valence-electron chi connectivity index (χ1n) is 4.93. The van der Waals surface area contributed by atoms with Gasteiger partial charge in [-0.15, -0.1) is 0 Å². The van der Waals surface area contributed by atoms with Crippen LogP contribution in [0.3, 0.4) is 0 Å². The number of non-ortho nitro benzene ring substituents is 1. The Kier molecular flexibility index (Phi) is 3.30. The van der Waals surface area contributed by atoms with Crippen molar-refractivity contribution in [2.24, 2.45) is 0 Å². The number of hydrogen-bond donors (Lipinski definition) is 1. The number of rotatable bonds is 3. The molecule has 0 bridgehead atoms. The van der Waals surface area contributed by atoms with E-state index in [1.54, 1.807) is 6.07 Å². The van der Waals surface area contributed by atoms with E-state index >= 15 is 0 Å². The molecule has 0 spiro atoms. The van der Waals surface area contributed by atoms with Crippen LogP contribution in [0.2, 0.25) is 0 Å². The lowest BCUT2D eigenvalue weighted by atomic mass is 10.3. The molecule has 0 aromatic heterocycles. The molecule has 86 valence electrons. The minimum absolute atomic E-state index is 0.0138. The SMILES string of the molecule is Nc1cc([N+](=O)[O-])ccc1Sc1ccccc1. The van der Waals surface area contributed by atoms with Gasteiger partial charge >= 0.3 is 0 Å². The topological polar surface area (TPSA) is 69.2 Å². The van der Waals surface area contributed by atoms with Crippen molar-refractivity contribution in [2.75, 3.05) is 5.73 Å². The van der Waals surface area contributed by atoms with Crippen molar-refractivity contribution >= 4 is 23.1 Å². The second kappa shape index (κ2) is 4.88. The van der Waals surface area contributed by atoms with Crippen LogP contribution in [0.1, 0.15) is 0 Å². The molecule has 0 aliphatic rings. The minimum Gasteiger partial charge on any atom is -0.398 e. The second-order valence-electron chi connectivity index (χ2n) is 3.39. The van der Waals surface area contributed by atoms with Gasteiger partial charge in [-0.2, -0.15) is 0 Å². The normalized spacial score (nSPS) is 10.1. The molecular weight excluding hydrogens is 236 g/mol. The van der Waals surface area contributed by atoms with E-state index in [2.05, 4.69) is 0 Å². The molecule has 0 aliphatic carbocycles. The predicted molar refractivity (Wildman–Crippen MR) is 68.1 cm³/mol. The number of nitro groups is 1. The molecule has 0 unspecified atom stereocenters. The van der Waals surface area contributed by atoms with E-state index in [-0.39, 0.29) is 5.69 Å². The van der Waals surface area contributed by atoms with Gasteiger partial charge < -0.3 is 5.73 Å². The Morgan fingerprint density at radius 2 is 1.82 bits per heavy atom. The minimum atomic E-state index is -0.451. The van der Waals surface area contributed by atoms with Crippen molar-refractivity contribution in [2.45, 2.75) is 9.79 Å². The van der Waals surface area contributed by atoms with Crippen LogP contribution in [0.25, 0.3) is 0 Å². The van der Waals surface area contributed by atoms with E-state index < -0.39 is 4.92 Å². The molecular formula is C12H10N2O2S. The molecule has 2 aromatic rings. The lowest BCUT2D eigenvalue weighted by Crippen LogP contribution is -1.93. The summed E-state index contributed by atoms with van der Waals surface area (Å²) in [5.41, 5.74) is 6.22. The van der Waals surface area contributed by atoms with Gasteiger partial charge in [0.05, 0.1) is 10.6 Å². The van der Waals surface area contributed by atoms with Gasteiger partial charge in [0, 0.05) is 21.9 Å². The molecule has 0 saturated heterocycles. The first-order valence-corrected chi connectivity index (χ1v) is 5.75. The lowest BCUT2D eigenvalue weighted by molar-refractivity contribution is -0.384. The number of nitrogen functional groups attached to an aromatic ring is 1. The molecule has 2 aromatic carbocycles. The van der Waals surface area contributed by atoms with Crippen LogP contribution in [-0.4, -0.2) is 4.92 Å². The Balaban J connectivity index is 2.26. The number of nitrogens with two attached hydrogens (primary N) is 1. The summed E-state index contributed by atoms with van der Waals surface area (Å²) in [6, 6.07) is 14.2. The maximum Gasteiger partial charge on any atom is 0.271 e. The zero-order valence-electron chi connectivity index (χ0n) is 8.87. The monoisotopic (exact) mass is 246 g/mol. The van der Waals surface area contributed by atoms with E-state index in [9.17, 15) is 10.1 Å². The summed E-state index contributed by atoms with van der Waals surface area (Å²) in [4.78, 5) is 12.0. The first kappa shape index (κ1) is 11.5. The molecule has 0 heterocycles. The van der Waals surface area contributed by atoms with Gasteiger partial charge in [0.25, 0.3) is 5.69 Å². The van der Waals surface area contributed by atoms with Crippen LogP contribution in [-0.2, 0) is 0 Å². The summed E-state index contributed by atoms with van der Waals surface area (Å²) in [6.07, 6.45) is 0. The molecule has 2 N–H and O–H groups in total. The summed E-state index contributed by atoms with van der Waals surface area (Å²) in [5, 5.41) is 10.6. The van der Waals surface area contributed by atoms with Gasteiger partial charge in [0.2, 0.25) is 0 Å². The van der Waals surface area contributed by atoms with Crippen molar-refractivity contribution in [1.29, 1.82) is 0 Å². The number of benzene rings is 2. The van der Waals surface area contributed by atoms with Gasteiger partial charge in [-0.05, 0) is 18.2 Å². The Bertz CT molecular complexity index is 543. The fraction of sp³-hybridized carbons (Fsp3) is 0. The Labute approximate surface area is 103 Å². The second-order valence-corrected chi connectivity index (χ2v) is 4.51. The highest BCUT2D eigenvalue weighted by atomic mass is 32.2. The van der Waals surface area contributed by atoms with Gasteiger partial charge in [-0.25, -0.2) is 0 Å². The summed E-state index contributed by atoms with van der Waals surface area (Å²) >= 11 is 1.49. The number of anilines is 1. The van der Waals surface area contributed by atoms with Gasteiger partial charge in [0.15, 0.2) is 0 Å². The standard InChI is InChI=1S/C12H10N2O2S/c13-11-8-9(14(15)16)6-7-12(11)17-10-4-2-1-3-5-10/h1-8H,13H2. The summed E-state index contributed by atoms with van der Waals surface area (Å²) in [6.45, 7) is 0. The van der Waals surface area contributed by atoms with E-state index in [4.69, 9.17) is 5.73 Å². The highest BCUT2D eigenvalue weighted by Gasteiger charge is 2.09. The third-order valence-corrected chi connectivity index (χ3v) is 3.27. The van der Waals surface area contributed by atoms with Crippen molar-refractivity contribution in [3.63, 3.8) is 0 Å². The molecule has 0 atom stereocenters. The Hall–Kier alpha value is -2.01.